The van der Waals surface area contributed by atoms with Crippen molar-refractivity contribution < 1.29 is 8.42 Å². The summed E-state index contributed by atoms with van der Waals surface area (Å²) in [6.45, 7) is 5.83. The topological polar surface area (TPSA) is 52.0 Å². The molecule has 2 aromatic heterocycles. The highest BCUT2D eigenvalue weighted by Gasteiger charge is 2.25. The Labute approximate surface area is 144 Å². The Morgan fingerprint density at radius 3 is 2.33 bits per heavy atom. The van der Waals surface area contributed by atoms with E-state index < -0.39 is 10.0 Å². The first-order chi connectivity index (χ1) is 11.4. The molecule has 0 spiro atoms. The van der Waals surface area contributed by atoms with E-state index in [0.717, 1.165) is 27.0 Å². The van der Waals surface area contributed by atoms with Gasteiger partial charge in [-0.2, -0.15) is 0 Å². The predicted molar refractivity (Wildman–Crippen MR) is 98.4 cm³/mol. The monoisotopic (exact) mass is 356 g/mol. The van der Waals surface area contributed by atoms with E-state index in [1.165, 1.54) is 15.3 Å². The van der Waals surface area contributed by atoms with Crippen LogP contribution in [-0.4, -0.2) is 17.4 Å². The minimum absolute atomic E-state index is 0.290. The van der Waals surface area contributed by atoms with Crippen molar-refractivity contribution in [1.29, 1.82) is 0 Å². The number of aromatic nitrogens is 2. The van der Waals surface area contributed by atoms with E-state index >= 15 is 0 Å². The first-order valence-corrected chi connectivity index (χ1v) is 9.84. The minimum atomic E-state index is -3.68. The van der Waals surface area contributed by atoms with Gasteiger partial charge in [0.15, 0.2) is 0 Å². The van der Waals surface area contributed by atoms with Crippen molar-refractivity contribution in [3.63, 3.8) is 0 Å². The molecule has 0 radical (unpaired) electrons. The van der Waals surface area contributed by atoms with Crippen molar-refractivity contribution in [1.82, 2.24) is 8.96 Å². The van der Waals surface area contributed by atoms with Crippen molar-refractivity contribution in [2.45, 2.75) is 25.7 Å². The minimum Gasteiger partial charge on any atom is -0.239 e. The Morgan fingerprint density at radius 1 is 0.958 bits per heavy atom. The van der Waals surface area contributed by atoms with Gasteiger partial charge in [0.1, 0.15) is 10.3 Å². The molecule has 0 aliphatic heterocycles. The van der Waals surface area contributed by atoms with Crippen LogP contribution < -0.4 is 0 Å². The molecular formula is C18H16N2O2S2. The number of fused-ring (bicyclic) bond motifs is 3. The second kappa shape index (κ2) is 5.16. The van der Waals surface area contributed by atoms with E-state index in [1.807, 2.05) is 51.1 Å². The molecule has 0 fully saturated rings. The fourth-order valence-electron chi connectivity index (χ4n) is 2.91. The van der Waals surface area contributed by atoms with Gasteiger partial charge in [0.25, 0.3) is 10.0 Å². The predicted octanol–water partition coefficient (Wildman–Crippen LogP) is 4.41. The third-order valence-corrected chi connectivity index (χ3v) is 6.89. The van der Waals surface area contributed by atoms with Crippen LogP contribution in [0.3, 0.4) is 0 Å². The Bertz CT molecular complexity index is 1180. The van der Waals surface area contributed by atoms with Crippen LogP contribution in [0.25, 0.3) is 21.3 Å². The third-order valence-electron chi connectivity index (χ3n) is 4.09. The van der Waals surface area contributed by atoms with Crippen LogP contribution in [0.15, 0.2) is 47.4 Å². The lowest BCUT2D eigenvalue weighted by molar-refractivity contribution is 0.590. The van der Waals surface area contributed by atoms with E-state index in [9.17, 15) is 8.42 Å². The molecule has 122 valence electrons. The summed E-state index contributed by atoms with van der Waals surface area (Å²) in [5.41, 5.74) is 3.54. The van der Waals surface area contributed by atoms with Gasteiger partial charge < -0.3 is 0 Å². The van der Waals surface area contributed by atoms with Gasteiger partial charge >= 0.3 is 0 Å². The van der Waals surface area contributed by atoms with E-state index in [2.05, 4.69) is 4.98 Å². The standard InChI is InChI=1S/C18H16N2O2S2/c1-11-4-7-14(8-5-11)24(21,22)20-16-9-6-12(2)10-15(16)17-18(20)23-13(3)19-17/h4-10H,1-3H3. The molecule has 4 aromatic rings. The number of hydrogen-bond donors (Lipinski definition) is 0. The quantitative estimate of drug-likeness (QED) is 0.534. The van der Waals surface area contributed by atoms with Gasteiger partial charge in [-0.1, -0.05) is 40.7 Å². The lowest BCUT2D eigenvalue weighted by Gasteiger charge is -2.09. The summed E-state index contributed by atoms with van der Waals surface area (Å²) in [6, 6.07) is 12.7. The molecule has 24 heavy (non-hydrogen) atoms. The van der Waals surface area contributed by atoms with Gasteiger partial charge in [-0.3, -0.25) is 0 Å². The largest absolute Gasteiger partial charge is 0.269 e. The van der Waals surface area contributed by atoms with Crippen LogP contribution in [0.1, 0.15) is 16.1 Å². The summed E-state index contributed by atoms with van der Waals surface area (Å²) in [4.78, 5) is 5.52. The maximum absolute atomic E-state index is 13.3. The highest BCUT2D eigenvalue weighted by atomic mass is 32.2. The number of hydrogen-bond acceptors (Lipinski definition) is 4. The zero-order chi connectivity index (χ0) is 17.1. The van der Waals surface area contributed by atoms with Crippen LogP contribution in [-0.2, 0) is 10.0 Å². The number of nitrogens with zero attached hydrogens (tertiary/aromatic N) is 2. The van der Waals surface area contributed by atoms with Gasteiger partial charge in [0.2, 0.25) is 0 Å². The van der Waals surface area contributed by atoms with Gasteiger partial charge in [0.05, 0.1) is 15.4 Å². The Hall–Kier alpha value is -2.18. The fourth-order valence-corrected chi connectivity index (χ4v) is 5.58. The summed E-state index contributed by atoms with van der Waals surface area (Å²) < 4.78 is 28.0. The number of aryl methyl sites for hydroxylation is 3. The highest BCUT2D eigenvalue weighted by molar-refractivity contribution is 7.90. The molecule has 0 saturated heterocycles. The van der Waals surface area contributed by atoms with Crippen molar-refractivity contribution >= 4 is 42.6 Å². The maximum Gasteiger partial charge on any atom is 0.269 e. The van der Waals surface area contributed by atoms with Crippen molar-refractivity contribution in [3.05, 3.63) is 58.6 Å². The van der Waals surface area contributed by atoms with Crippen molar-refractivity contribution in [2.24, 2.45) is 0 Å². The zero-order valence-corrected chi connectivity index (χ0v) is 15.2. The summed E-state index contributed by atoms with van der Waals surface area (Å²) in [5, 5.41) is 1.74. The maximum atomic E-state index is 13.3. The van der Waals surface area contributed by atoms with Gasteiger partial charge in [-0.15, -0.1) is 0 Å². The summed E-state index contributed by atoms with van der Waals surface area (Å²) in [6.07, 6.45) is 0. The molecule has 2 heterocycles. The van der Waals surface area contributed by atoms with E-state index in [4.69, 9.17) is 0 Å². The molecule has 0 atom stereocenters. The third kappa shape index (κ3) is 2.17. The molecule has 4 rings (SSSR count). The van der Waals surface area contributed by atoms with Crippen LogP contribution in [0, 0.1) is 20.8 Å². The Balaban J connectivity index is 2.12. The van der Waals surface area contributed by atoms with Crippen molar-refractivity contribution in [3.8, 4) is 0 Å². The highest BCUT2D eigenvalue weighted by Crippen LogP contribution is 2.35. The average molecular weight is 356 g/mol. The SMILES string of the molecule is Cc1ccc(S(=O)(=O)n2c3ccc(C)cc3c3nc(C)sc32)cc1. The van der Waals surface area contributed by atoms with Crippen molar-refractivity contribution in [2.75, 3.05) is 0 Å². The first kappa shape index (κ1) is 15.4. The Morgan fingerprint density at radius 2 is 1.62 bits per heavy atom. The fraction of sp³-hybridized carbons (Fsp3) is 0.167. The van der Waals surface area contributed by atoms with E-state index in [0.29, 0.717) is 15.2 Å². The number of thiazole rings is 1. The number of benzene rings is 2. The molecule has 6 heteroatoms. The summed E-state index contributed by atoms with van der Waals surface area (Å²) in [7, 11) is -3.68. The number of rotatable bonds is 2. The second-order valence-electron chi connectivity index (χ2n) is 5.99. The zero-order valence-electron chi connectivity index (χ0n) is 13.6. The second-order valence-corrected chi connectivity index (χ2v) is 8.96. The van der Waals surface area contributed by atoms with Gasteiger partial charge in [0, 0.05) is 5.39 Å². The molecule has 4 nitrogen and oxygen atoms in total. The normalized spacial score (nSPS) is 12.3. The first-order valence-electron chi connectivity index (χ1n) is 7.58. The smallest absolute Gasteiger partial charge is 0.239 e. The van der Waals surface area contributed by atoms with E-state index in [-0.39, 0.29) is 0 Å². The summed E-state index contributed by atoms with van der Waals surface area (Å²) in [5.74, 6) is 0. The van der Waals surface area contributed by atoms with Crippen LogP contribution in [0.2, 0.25) is 0 Å². The molecular weight excluding hydrogens is 340 g/mol. The molecule has 0 aliphatic rings. The van der Waals surface area contributed by atoms with Crippen LogP contribution >= 0.6 is 11.3 Å². The van der Waals surface area contributed by atoms with Crippen LogP contribution in [0.5, 0.6) is 0 Å². The average Bonchev–Trinajstić information content (AvgIpc) is 3.02. The molecule has 2 aromatic carbocycles. The van der Waals surface area contributed by atoms with E-state index in [1.54, 1.807) is 12.1 Å². The molecule has 0 saturated carbocycles. The molecule has 0 N–H and O–H groups in total. The Kier molecular flexibility index (Phi) is 3.30. The molecule has 0 amide bonds. The lowest BCUT2D eigenvalue weighted by Crippen LogP contribution is -2.12. The summed E-state index contributed by atoms with van der Waals surface area (Å²) >= 11 is 1.41. The van der Waals surface area contributed by atoms with Gasteiger partial charge in [-0.05, 0) is 45.0 Å². The van der Waals surface area contributed by atoms with Crippen LogP contribution in [0.4, 0.5) is 0 Å². The molecule has 0 unspecified atom stereocenters. The molecule has 0 aliphatic carbocycles. The lowest BCUT2D eigenvalue weighted by atomic mass is 10.2. The molecule has 0 bridgehead atoms. The van der Waals surface area contributed by atoms with Gasteiger partial charge in [-0.25, -0.2) is 17.4 Å².